The Morgan fingerprint density at radius 1 is 1.05 bits per heavy atom. The monoisotopic (exact) mass is 360 g/mol. The van der Waals surface area contributed by atoms with E-state index in [-0.39, 0.29) is 11.5 Å². The van der Waals surface area contributed by atoms with E-state index in [1.165, 1.54) is 6.07 Å². The second-order valence-electron chi connectivity index (χ2n) is 3.83. The van der Waals surface area contributed by atoms with Gasteiger partial charge in [0.15, 0.2) is 11.5 Å². The molecular weight excluding hydrogens is 351 g/mol. The fourth-order valence-corrected chi connectivity index (χ4v) is 1.87. The first kappa shape index (κ1) is 18.2. The molecule has 4 nitrogen and oxygen atoms in total. The number of rotatable bonds is 3. The highest BCUT2D eigenvalue weighted by atomic mass is 35.5. The molecule has 0 saturated heterocycles. The van der Waals surface area contributed by atoms with Crippen molar-refractivity contribution in [1.82, 2.24) is 0 Å². The minimum absolute atomic E-state index is 0.0523. The van der Waals surface area contributed by atoms with Gasteiger partial charge >= 0.3 is 5.97 Å². The molecule has 2 N–H and O–H groups in total. The Bertz CT molecular complexity index is 637. The second kappa shape index (κ2) is 8.54. The quantitative estimate of drug-likeness (QED) is 0.718. The van der Waals surface area contributed by atoms with E-state index >= 15 is 0 Å². The summed E-state index contributed by atoms with van der Waals surface area (Å²) in [6.45, 7) is 2.96. The summed E-state index contributed by atoms with van der Waals surface area (Å²) >= 11 is 17.4. The zero-order valence-corrected chi connectivity index (χ0v) is 13.4. The summed E-state index contributed by atoms with van der Waals surface area (Å²) in [4.78, 5) is 9.25. The smallest absolute Gasteiger partial charge is 0.327 e. The maximum atomic E-state index is 9.62. The Labute approximate surface area is 142 Å². The molecule has 2 rings (SSSR count). The van der Waals surface area contributed by atoms with Gasteiger partial charge in [-0.25, -0.2) is 4.79 Å². The summed E-state index contributed by atoms with van der Waals surface area (Å²) in [5.41, 5.74) is 0. The number of aromatic hydroxyl groups is 1. The van der Waals surface area contributed by atoms with Crippen LogP contribution < -0.4 is 4.74 Å². The lowest BCUT2D eigenvalue weighted by atomic mass is 10.3. The Kier molecular flexibility index (Phi) is 7.05. The molecule has 116 valence electrons. The van der Waals surface area contributed by atoms with Crippen molar-refractivity contribution < 1.29 is 19.7 Å². The highest BCUT2D eigenvalue weighted by Gasteiger charge is 2.08. The molecule has 0 spiro atoms. The van der Waals surface area contributed by atoms with Crippen molar-refractivity contribution in [3.05, 3.63) is 64.1 Å². The number of halogens is 3. The molecule has 0 atom stereocenters. The number of phenolic OH excluding ortho intramolecular Hbond substituents is 1. The van der Waals surface area contributed by atoms with Gasteiger partial charge in [0, 0.05) is 22.2 Å². The Balaban J connectivity index is 0.000000422. The van der Waals surface area contributed by atoms with Crippen LogP contribution in [0.15, 0.2) is 49.1 Å². The van der Waals surface area contributed by atoms with Crippen LogP contribution in [0.2, 0.25) is 15.1 Å². The molecule has 0 saturated carbocycles. The molecule has 0 unspecified atom stereocenters. The standard InChI is InChI=1S/C12H7Cl3O2.C3H4O2/c13-7-1-3-11(9(15)5-7)17-12-4-2-8(14)6-10(12)16;1-2-3(4)5/h1-6,16H;2H,1H2,(H,4,5). The third-order valence-corrected chi connectivity index (χ3v) is 2.98. The first-order valence-corrected chi connectivity index (χ1v) is 6.93. The van der Waals surface area contributed by atoms with Crippen LogP contribution in [0.4, 0.5) is 0 Å². The minimum atomic E-state index is -0.981. The average molecular weight is 362 g/mol. The summed E-state index contributed by atoms with van der Waals surface area (Å²) in [5, 5.41) is 18.5. The maximum Gasteiger partial charge on any atom is 0.327 e. The van der Waals surface area contributed by atoms with Crippen LogP contribution >= 0.6 is 34.8 Å². The van der Waals surface area contributed by atoms with Gasteiger partial charge in [0.1, 0.15) is 5.75 Å². The van der Waals surface area contributed by atoms with Gasteiger partial charge in [-0.1, -0.05) is 41.4 Å². The Morgan fingerprint density at radius 2 is 1.55 bits per heavy atom. The highest BCUT2D eigenvalue weighted by molar-refractivity contribution is 6.35. The van der Waals surface area contributed by atoms with Crippen molar-refractivity contribution in [2.75, 3.05) is 0 Å². The van der Waals surface area contributed by atoms with Gasteiger partial charge in [-0.15, -0.1) is 0 Å². The van der Waals surface area contributed by atoms with E-state index in [1.54, 1.807) is 30.3 Å². The summed E-state index contributed by atoms with van der Waals surface area (Å²) in [6.07, 6.45) is 0.833. The van der Waals surface area contributed by atoms with E-state index in [1.807, 2.05) is 0 Å². The Morgan fingerprint density at radius 3 is 2.00 bits per heavy atom. The molecule has 22 heavy (non-hydrogen) atoms. The number of carbonyl (C=O) groups is 1. The van der Waals surface area contributed by atoms with Gasteiger partial charge in [-0.2, -0.15) is 0 Å². The van der Waals surface area contributed by atoms with E-state index in [0.717, 1.165) is 6.08 Å². The normalized spacial score (nSPS) is 9.41. The molecule has 0 radical (unpaired) electrons. The van der Waals surface area contributed by atoms with E-state index in [2.05, 4.69) is 6.58 Å². The average Bonchev–Trinajstić information content (AvgIpc) is 2.45. The molecule has 0 bridgehead atoms. The van der Waals surface area contributed by atoms with Gasteiger partial charge in [0.25, 0.3) is 0 Å². The molecule has 7 heteroatoms. The van der Waals surface area contributed by atoms with E-state index < -0.39 is 5.97 Å². The van der Waals surface area contributed by atoms with Crippen LogP contribution in [0.3, 0.4) is 0 Å². The van der Waals surface area contributed by atoms with Gasteiger partial charge in [-0.3, -0.25) is 0 Å². The van der Waals surface area contributed by atoms with Crippen molar-refractivity contribution in [3.8, 4) is 17.2 Å². The molecule has 0 aliphatic carbocycles. The predicted molar refractivity (Wildman–Crippen MR) is 87.5 cm³/mol. The molecular formula is C15H11Cl3O4. The molecule has 0 heterocycles. The Hall–Kier alpha value is -1.88. The topological polar surface area (TPSA) is 66.8 Å². The number of hydrogen-bond acceptors (Lipinski definition) is 3. The number of benzene rings is 2. The van der Waals surface area contributed by atoms with Crippen LogP contribution in [-0.2, 0) is 4.79 Å². The van der Waals surface area contributed by atoms with Crippen molar-refractivity contribution in [2.24, 2.45) is 0 Å². The molecule has 0 aliphatic rings. The SMILES string of the molecule is C=CC(=O)O.Oc1cc(Cl)ccc1Oc1ccc(Cl)cc1Cl. The van der Waals surface area contributed by atoms with Gasteiger partial charge in [0.05, 0.1) is 5.02 Å². The van der Waals surface area contributed by atoms with Crippen LogP contribution in [-0.4, -0.2) is 16.2 Å². The summed E-state index contributed by atoms with van der Waals surface area (Å²) in [6, 6.07) is 9.39. The van der Waals surface area contributed by atoms with Crippen LogP contribution in [0, 0.1) is 0 Å². The fraction of sp³-hybridized carbons (Fsp3) is 0. The molecule has 2 aromatic rings. The van der Waals surface area contributed by atoms with Crippen LogP contribution in [0.1, 0.15) is 0 Å². The number of carboxylic acids is 1. The zero-order valence-electron chi connectivity index (χ0n) is 11.1. The highest BCUT2D eigenvalue weighted by Crippen LogP contribution is 2.36. The lowest BCUT2D eigenvalue weighted by molar-refractivity contribution is -0.131. The second-order valence-corrected chi connectivity index (χ2v) is 5.11. The third-order valence-electron chi connectivity index (χ3n) is 2.21. The minimum Gasteiger partial charge on any atom is -0.504 e. The van der Waals surface area contributed by atoms with E-state index in [0.29, 0.717) is 20.8 Å². The zero-order chi connectivity index (χ0) is 16.7. The van der Waals surface area contributed by atoms with Gasteiger partial charge < -0.3 is 14.9 Å². The number of aliphatic carboxylic acids is 1. The first-order chi connectivity index (χ1) is 10.3. The van der Waals surface area contributed by atoms with E-state index in [9.17, 15) is 9.90 Å². The van der Waals surface area contributed by atoms with Gasteiger partial charge in [0.2, 0.25) is 0 Å². The summed E-state index contributed by atoms with van der Waals surface area (Å²) in [7, 11) is 0. The van der Waals surface area contributed by atoms with Crippen molar-refractivity contribution >= 4 is 40.8 Å². The molecule has 0 amide bonds. The van der Waals surface area contributed by atoms with Crippen LogP contribution in [0.25, 0.3) is 0 Å². The lowest BCUT2D eigenvalue weighted by Crippen LogP contribution is -1.86. The van der Waals surface area contributed by atoms with Crippen molar-refractivity contribution in [1.29, 1.82) is 0 Å². The summed E-state index contributed by atoms with van der Waals surface area (Å²) < 4.78 is 5.45. The molecule has 0 aromatic heterocycles. The molecule has 0 aliphatic heterocycles. The molecule has 0 fully saturated rings. The number of hydrogen-bond donors (Lipinski definition) is 2. The predicted octanol–water partition coefficient (Wildman–Crippen LogP) is 5.40. The number of carboxylic acid groups (broad SMARTS) is 1. The first-order valence-electron chi connectivity index (χ1n) is 5.80. The third kappa shape index (κ3) is 5.85. The molecule has 2 aromatic carbocycles. The maximum absolute atomic E-state index is 9.62. The van der Waals surface area contributed by atoms with Crippen molar-refractivity contribution in [3.63, 3.8) is 0 Å². The van der Waals surface area contributed by atoms with Crippen LogP contribution in [0.5, 0.6) is 17.2 Å². The number of ether oxygens (including phenoxy) is 1. The fourth-order valence-electron chi connectivity index (χ4n) is 1.25. The largest absolute Gasteiger partial charge is 0.504 e. The van der Waals surface area contributed by atoms with Crippen molar-refractivity contribution in [2.45, 2.75) is 0 Å². The number of phenols is 1. The van der Waals surface area contributed by atoms with E-state index in [4.69, 9.17) is 44.6 Å². The summed E-state index contributed by atoms with van der Waals surface area (Å²) in [5.74, 6) is -0.346. The lowest BCUT2D eigenvalue weighted by Gasteiger charge is -2.09. The van der Waals surface area contributed by atoms with Gasteiger partial charge in [-0.05, 0) is 30.3 Å².